The van der Waals surface area contributed by atoms with Crippen molar-refractivity contribution in [3.63, 3.8) is 0 Å². The Labute approximate surface area is 69.5 Å². The van der Waals surface area contributed by atoms with Gasteiger partial charge in [-0.3, -0.25) is 8.42 Å². The quantitative estimate of drug-likeness (QED) is 0.602. The average molecular weight is 186 g/mol. The van der Waals surface area contributed by atoms with E-state index in [9.17, 15) is 8.42 Å². The smallest absolute Gasteiger partial charge is 0.109 e. The predicted octanol–water partition coefficient (Wildman–Crippen LogP) is 0.873. The van der Waals surface area contributed by atoms with Crippen LogP contribution in [0.5, 0.6) is 0 Å². The minimum Gasteiger partial charge on any atom is -0.253 e. The van der Waals surface area contributed by atoms with E-state index in [1.165, 1.54) is 0 Å². The Balaban J connectivity index is 2.69. The summed E-state index contributed by atoms with van der Waals surface area (Å²) in [7, 11) is -2.06. The fourth-order valence-corrected chi connectivity index (χ4v) is 4.45. The topological polar surface area (TPSA) is 34.1 Å². The fraction of sp³-hybridized carbons (Fsp3) is 0.143. The highest BCUT2D eigenvalue weighted by Gasteiger charge is 2.23. The van der Waals surface area contributed by atoms with E-state index < -0.39 is 21.6 Å². The molecule has 2 rings (SSSR count). The molecule has 0 aliphatic carbocycles. The largest absolute Gasteiger partial charge is 0.253 e. The van der Waals surface area contributed by atoms with Crippen molar-refractivity contribution in [2.24, 2.45) is 0 Å². The molecule has 0 amide bonds. The Morgan fingerprint density at radius 3 is 1.91 bits per heavy atom. The van der Waals surface area contributed by atoms with E-state index >= 15 is 0 Å². The summed E-state index contributed by atoms with van der Waals surface area (Å²) in [6.07, 6.45) is 0. The first-order chi connectivity index (χ1) is 5.29. The van der Waals surface area contributed by atoms with Gasteiger partial charge in [-0.1, -0.05) is 12.1 Å². The van der Waals surface area contributed by atoms with Crippen LogP contribution < -0.4 is 0 Å². The standard InChI is InChI=1S/C7H6O2S2/c8-10-5-11(9)7-4-2-1-3-6(7)10/h1-4H,5H2/t10-,11-/m0/s1. The van der Waals surface area contributed by atoms with Crippen molar-refractivity contribution in [2.45, 2.75) is 9.79 Å². The molecule has 11 heavy (non-hydrogen) atoms. The first kappa shape index (κ1) is 7.18. The van der Waals surface area contributed by atoms with Crippen molar-refractivity contribution in [3.8, 4) is 0 Å². The second kappa shape index (κ2) is 2.53. The van der Waals surface area contributed by atoms with Gasteiger partial charge in [-0.2, -0.15) is 0 Å². The summed E-state index contributed by atoms with van der Waals surface area (Å²) in [6.45, 7) is 0. The van der Waals surface area contributed by atoms with E-state index in [1.54, 1.807) is 12.1 Å². The molecule has 0 aromatic heterocycles. The molecule has 0 spiro atoms. The van der Waals surface area contributed by atoms with Crippen molar-refractivity contribution in [3.05, 3.63) is 24.3 Å². The zero-order valence-corrected chi connectivity index (χ0v) is 7.28. The van der Waals surface area contributed by atoms with Gasteiger partial charge in [0.15, 0.2) is 0 Å². The Morgan fingerprint density at radius 2 is 1.45 bits per heavy atom. The molecule has 0 bridgehead atoms. The molecule has 1 aliphatic heterocycles. The summed E-state index contributed by atoms with van der Waals surface area (Å²) >= 11 is 0. The van der Waals surface area contributed by atoms with Gasteiger partial charge >= 0.3 is 0 Å². The first-order valence-electron chi connectivity index (χ1n) is 3.15. The van der Waals surface area contributed by atoms with Crippen LogP contribution >= 0.6 is 0 Å². The van der Waals surface area contributed by atoms with E-state index in [2.05, 4.69) is 0 Å². The van der Waals surface area contributed by atoms with Crippen LogP contribution in [0.2, 0.25) is 0 Å². The zero-order chi connectivity index (χ0) is 7.84. The summed E-state index contributed by atoms with van der Waals surface area (Å²) in [5.74, 6) is 0. The molecule has 0 N–H and O–H groups in total. The van der Waals surface area contributed by atoms with E-state index in [1.807, 2.05) is 12.1 Å². The summed E-state index contributed by atoms with van der Waals surface area (Å²) in [6, 6.07) is 7.19. The van der Waals surface area contributed by atoms with E-state index in [0.29, 0.717) is 0 Å². The van der Waals surface area contributed by atoms with Gasteiger partial charge in [0.05, 0.1) is 31.4 Å². The lowest BCUT2D eigenvalue weighted by Gasteiger charge is -1.91. The van der Waals surface area contributed by atoms with Gasteiger partial charge in [0.2, 0.25) is 0 Å². The van der Waals surface area contributed by atoms with Gasteiger partial charge in [-0.05, 0) is 12.1 Å². The summed E-state index contributed by atoms with van der Waals surface area (Å²) in [4.78, 5) is 1.48. The highest BCUT2D eigenvalue weighted by molar-refractivity contribution is 8.04. The molecule has 0 unspecified atom stereocenters. The van der Waals surface area contributed by atoms with Crippen LogP contribution in [0.4, 0.5) is 0 Å². The second-order valence-electron chi connectivity index (χ2n) is 2.26. The Morgan fingerprint density at radius 1 is 1.00 bits per heavy atom. The maximum absolute atomic E-state index is 11.2. The number of rotatable bonds is 0. The van der Waals surface area contributed by atoms with Crippen LogP contribution in [0.1, 0.15) is 0 Å². The van der Waals surface area contributed by atoms with Gasteiger partial charge in [-0.25, -0.2) is 0 Å². The van der Waals surface area contributed by atoms with Crippen LogP contribution in [0.3, 0.4) is 0 Å². The highest BCUT2D eigenvalue weighted by Crippen LogP contribution is 2.25. The Bertz CT molecular complexity index is 313. The third kappa shape index (κ3) is 1.06. The zero-order valence-electron chi connectivity index (χ0n) is 5.65. The molecule has 58 valence electrons. The third-order valence-corrected chi connectivity index (χ3v) is 5.09. The van der Waals surface area contributed by atoms with Gasteiger partial charge in [0.25, 0.3) is 0 Å². The van der Waals surface area contributed by atoms with Gasteiger partial charge in [0, 0.05) is 0 Å². The van der Waals surface area contributed by atoms with Crippen LogP contribution in [-0.4, -0.2) is 13.5 Å². The van der Waals surface area contributed by atoms with E-state index in [0.717, 1.165) is 9.79 Å². The van der Waals surface area contributed by atoms with Crippen LogP contribution in [0, 0.1) is 0 Å². The van der Waals surface area contributed by atoms with Crippen LogP contribution in [0.25, 0.3) is 0 Å². The monoisotopic (exact) mass is 186 g/mol. The molecule has 1 aromatic carbocycles. The molecular formula is C7H6O2S2. The molecule has 1 heterocycles. The fourth-order valence-electron chi connectivity index (χ4n) is 1.05. The number of hydrogen-bond donors (Lipinski definition) is 0. The molecule has 4 heteroatoms. The molecule has 0 fully saturated rings. The highest BCUT2D eigenvalue weighted by atomic mass is 32.2. The van der Waals surface area contributed by atoms with Crippen molar-refractivity contribution in [1.82, 2.24) is 0 Å². The van der Waals surface area contributed by atoms with Gasteiger partial charge < -0.3 is 0 Å². The molecule has 0 radical (unpaired) electrons. The SMILES string of the molecule is O=[S@]1C[S@](=O)c2ccccc21. The molecule has 1 aliphatic rings. The molecule has 2 nitrogen and oxygen atoms in total. The third-order valence-electron chi connectivity index (χ3n) is 1.55. The number of hydrogen-bond acceptors (Lipinski definition) is 2. The van der Waals surface area contributed by atoms with Crippen molar-refractivity contribution >= 4 is 21.6 Å². The molecule has 0 saturated carbocycles. The predicted molar refractivity (Wildman–Crippen MR) is 44.1 cm³/mol. The summed E-state index contributed by atoms with van der Waals surface area (Å²) in [5.41, 5.74) is 0. The number of benzene rings is 1. The van der Waals surface area contributed by atoms with Gasteiger partial charge in [0.1, 0.15) is 5.08 Å². The molecule has 1 aromatic rings. The lowest BCUT2D eigenvalue weighted by atomic mass is 10.4. The molecule has 0 saturated heterocycles. The lowest BCUT2D eigenvalue weighted by Crippen LogP contribution is -1.90. The number of fused-ring (bicyclic) bond motifs is 1. The maximum atomic E-state index is 11.2. The van der Waals surface area contributed by atoms with Crippen LogP contribution in [-0.2, 0) is 21.6 Å². The van der Waals surface area contributed by atoms with E-state index in [4.69, 9.17) is 0 Å². The van der Waals surface area contributed by atoms with Crippen LogP contribution in [0.15, 0.2) is 34.1 Å². The second-order valence-corrected chi connectivity index (χ2v) is 5.46. The minimum absolute atomic E-state index is 0.277. The normalized spacial score (nSPS) is 28.4. The van der Waals surface area contributed by atoms with Crippen molar-refractivity contribution in [1.29, 1.82) is 0 Å². The molecule has 2 atom stereocenters. The van der Waals surface area contributed by atoms with Crippen molar-refractivity contribution in [2.75, 3.05) is 5.08 Å². The van der Waals surface area contributed by atoms with Crippen molar-refractivity contribution < 1.29 is 8.42 Å². The van der Waals surface area contributed by atoms with Gasteiger partial charge in [-0.15, -0.1) is 0 Å². The van der Waals surface area contributed by atoms with E-state index in [-0.39, 0.29) is 5.08 Å². The Hall–Kier alpha value is -0.480. The maximum Gasteiger partial charge on any atom is 0.109 e. The molecular weight excluding hydrogens is 180 g/mol. The minimum atomic E-state index is -1.03. The first-order valence-corrected chi connectivity index (χ1v) is 5.78. The Kier molecular flexibility index (Phi) is 1.65. The lowest BCUT2D eigenvalue weighted by molar-refractivity contribution is 0.685. The summed E-state index contributed by atoms with van der Waals surface area (Å²) < 4.78 is 22.4. The average Bonchev–Trinajstić information content (AvgIpc) is 2.30. The summed E-state index contributed by atoms with van der Waals surface area (Å²) in [5, 5.41) is 0.277.